The molecule has 0 radical (unpaired) electrons. The van der Waals surface area contributed by atoms with E-state index in [9.17, 15) is 9.18 Å². The molecule has 1 unspecified atom stereocenters. The van der Waals surface area contributed by atoms with Gasteiger partial charge < -0.3 is 5.11 Å². The summed E-state index contributed by atoms with van der Waals surface area (Å²) in [6.45, 7) is 1.66. The number of hydrogen-bond donors (Lipinski definition) is 1. The molecule has 1 aromatic heterocycles. The summed E-state index contributed by atoms with van der Waals surface area (Å²) >= 11 is 5.69. The predicted octanol–water partition coefficient (Wildman–Crippen LogP) is 1.85. The second-order valence-corrected chi connectivity index (χ2v) is 4.46. The Kier molecular flexibility index (Phi) is 3.75. The van der Waals surface area contributed by atoms with Crippen LogP contribution in [0.25, 0.3) is 11.4 Å². The highest BCUT2D eigenvalue weighted by molar-refractivity contribution is 6.31. The summed E-state index contributed by atoms with van der Waals surface area (Å²) in [7, 11) is 0. The predicted molar refractivity (Wildman–Crippen MR) is 65.0 cm³/mol. The van der Waals surface area contributed by atoms with Crippen LogP contribution in [0.3, 0.4) is 0 Å². The van der Waals surface area contributed by atoms with Gasteiger partial charge in [-0.1, -0.05) is 18.5 Å². The van der Waals surface area contributed by atoms with E-state index in [1.807, 2.05) is 0 Å². The molecule has 1 aromatic carbocycles. The molecule has 6 nitrogen and oxygen atoms in total. The SMILES string of the molecule is CC(Cn1nnnc1-c1ccc(F)c(Cl)c1)C(=O)O. The minimum absolute atomic E-state index is 0.0432. The Morgan fingerprint density at radius 3 is 2.95 bits per heavy atom. The normalized spacial score (nSPS) is 12.4. The zero-order valence-corrected chi connectivity index (χ0v) is 10.7. The van der Waals surface area contributed by atoms with Gasteiger partial charge >= 0.3 is 5.97 Å². The van der Waals surface area contributed by atoms with Crippen molar-refractivity contribution in [2.75, 3.05) is 0 Å². The van der Waals surface area contributed by atoms with E-state index < -0.39 is 17.7 Å². The summed E-state index contributed by atoms with van der Waals surface area (Å²) in [6, 6.07) is 4.08. The monoisotopic (exact) mass is 284 g/mol. The molecule has 1 N–H and O–H groups in total. The van der Waals surface area contributed by atoms with Crippen LogP contribution in [0.4, 0.5) is 4.39 Å². The fourth-order valence-electron chi connectivity index (χ4n) is 1.51. The van der Waals surface area contributed by atoms with Gasteiger partial charge in [-0.15, -0.1) is 5.10 Å². The van der Waals surface area contributed by atoms with Gasteiger partial charge in [0.2, 0.25) is 0 Å². The van der Waals surface area contributed by atoms with E-state index in [0.29, 0.717) is 11.4 Å². The number of nitrogens with zero attached hydrogens (tertiary/aromatic N) is 4. The Bertz CT molecular complexity index is 616. The summed E-state index contributed by atoms with van der Waals surface area (Å²) < 4.78 is 14.4. The van der Waals surface area contributed by atoms with Gasteiger partial charge in [0.15, 0.2) is 5.82 Å². The quantitative estimate of drug-likeness (QED) is 0.927. The minimum Gasteiger partial charge on any atom is -0.481 e. The van der Waals surface area contributed by atoms with Gasteiger partial charge in [0.1, 0.15) is 5.82 Å². The smallest absolute Gasteiger partial charge is 0.308 e. The topological polar surface area (TPSA) is 80.9 Å². The number of rotatable bonds is 4. The number of carbonyl (C=O) groups is 1. The van der Waals surface area contributed by atoms with Crippen LogP contribution in [0.1, 0.15) is 6.92 Å². The number of halogens is 2. The molecule has 0 spiro atoms. The number of benzene rings is 1. The maximum atomic E-state index is 13.1. The second kappa shape index (κ2) is 5.31. The molecule has 0 aliphatic heterocycles. The molecule has 2 rings (SSSR count). The zero-order chi connectivity index (χ0) is 14.0. The van der Waals surface area contributed by atoms with Crippen LogP contribution in [0.15, 0.2) is 18.2 Å². The Hall–Kier alpha value is -2.02. The average Bonchev–Trinajstić information content (AvgIpc) is 2.80. The third kappa shape index (κ3) is 2.87. The molecular formula is C11H10ClFN4O2. The summed E-state index contributed by atoms with van der Waals surface area (Å²) in [4.78, 5) is 10.8. The van der Waals surface area contributed by atoms with Crippen LogP contribution in [0.5, 0.6) is 0 Å². The third-order valence-electron chi connectivity index (χ3n) is 2.58. The van der Waals surface area contributed by atoms with Crippen LogP contribution in [-0.2, 0) is 11.3 Å². The second-order valence-electron chi connectivity index (χ2n) is 4.05. The lowest BCUT2D eigenvalue weighted by atomic mass is 10.1. The van der Waals surface area contributed by atoms with Gasteiger partial charge in [0.25, 0.3) is 0 Å². The van der Waals surface area contributed by atoms with E-state index >= 15 is 0 Å². The van der Waals surface area contributed by atoms with Gasteiger partial charge in [-0.25, -0.2) is 9.07 Å². The molecule has 0 aliphatic carbocycles. The Balaban J connectivity index is 2.33. The molecular weight excluding hydrogens is 275 g/mol. The molecule has 0 saturated carbocycles. The molecule has 19 heavy (non-hydrogen) atoms. The van der Waals surface area contributed by atoms with Crippen molar-refractivity contribution in [3.63, 3.8) is 0 Å². The first-order valence-electron chi connectivity index (χ1n) is 5.43. The van der Waals surface area contributed by atoms with Crippen molar-refractivity contribution in [3.8, 4) is 11.4 Å². The molecule has 0 bridgehead atoms. The van der Waals surface area contributed by atoms with Crippen molar-refractivity contribution in [2.24, 2.45) is 5.92 Å². The first-order valence-corrected chi connectivity index (χ1v) is 5.81. The van der Waals surface area contributed by atoms with Crippen molar-refractivity contribution in [2.45, 2.75) is 13.5 Å². The van der Waals surface area contributed by atoms with E-state index in [2.05, 4.69) is 15.5 Å². The first kappa shape index (κ1) is 13.4. The van der Waals surface area contributed by atoms with E-state index in [-0.39, 0.29) is 11.6 Å². The highest BCUT2D eigenvalue weighted by atomic mass is 35.5. The van der Waals surface area contributed by atoms with Crippen LogP contribution >= 0.6 is 11.6 Å². The highest BCUT2D eigenvalue weighted by Gasteiger charge is 2.17. The number of carboxylic acid groups (broad SMARTS) is 1. The maximum absolute atomic E-state index is 13.1. The van der Waals surface area contributed by atoms with Gasteiger partial charge in [-0.05, 0) is 28.6 Å². The van der Waals surface area contributed by atoms with E-state index in [4.69, 9.17) is 16.7 Å². The highest BCUT2D eigenvalue weighted by Crippen LogP contribution is 2.23. The lowest BCUT2D eigenvalue weighted by Gasteiger charge is -2.08. The van der Waals surface area contributed by atoms with Crippen molar-refractivity contribution < 1.29 is 14.3 Å². The summed E-state index contributed by atoms with van der Waals surface area (Å²) in [6.07, 6.45) is 0. The molecule has 2 aromatic rings. The Morgan fingerprint density at radius 2 is 2.32 bits per heavy atom. The van der Waals surface area contributed by atoms with Gasteiger partial charge in [-0.3, -0.25) is 4.79 Å². The van der Waals surface area contributed by atoms with Crippen LogP contribution < -0.4 is 0 Å². The zero-order valence-electron chi connectivity index (χ0n) is 9.92. The van der Waals surface area contributed by atoms with Crippen molar-refractivity contribution in [3.05, 3.63) is 29.0 Å². The lowest BCUT2D eigenvalue weighted by Crippen LogP contribution is -2.18. The van der Waals surface area contributed by atoms with Gasteiger partial charge in [-0.2, -0.15) is 0 Å². The molecule has 1 heterocycles. The van der Waals surface area contributed by atoms with Crippen LogP contribution in [-0.4, -0.2) is 31.3 Å². The fourth-order valence-corrected chi connectivity index (χ4v) is 1.69. The standard InChI is InChI=1S/C11H10ClFN4O2/c1-6(11(18)19)5-17-10(14-15-16-17)7-2-3-9(13)8(12)4-7/h2-4,6H,5H2,1H3,(H,18,19). The van der Waals surface area contributed by atoms with Gasteiger partial charge in [0, 0.05) is 5.56 Å². The molecule has 0 fully saturated rings. The molecule has 8 heteroatoms. The largest absolute Gasteiger partial charge is 0.481 e. The number of aliphatic carboxylic acids is 1. The Morgan fingerprint density at radius 1 is 1.58 bits per heavy atom. The van der Waals surface area contributed by atoms with E-state index in [1.54, 1.807) is 6.92 Å². The molecule has 100 valence electrons. The average molecular weight is 285 g/mol. The van der Waals surface area contributed by atoms with E-state index in [1.165, 1.54) is 22.9 Å². The van der Waals surface area contributed by atoms with Crippen LogP contribution in [0.2, 0.25) is 5.02 Å². The molecule has 0 aliphatic rings. The maximum Gasteiger partial charge on any atom is 0.308 e. The summed E-state index contributed by atoms with van der Waals surface area (Å²) in [5.74, 6) is -1.78. The number of hydrogen-bond acceptors (Lipinski definition) is 4. The van der Waals surface area contributed by atoms with E-state index in [0.717, 1.165) is 0 Å². The van der Waals surface area contributed by atoms with Crippen LogP contribution in [0, 0.1) is 11.7 Å². The first-order chi connectivity index (χ1) is 8.99. The minimum atomic E-state index is -0.946. The number of tetrazole rings is 1. The number of aromatic nitrogens is 4. The molecule has 0 amide bonds. The molecule has 1 atom stereocenters. The van der Waals surface area contributed by atoms with Crippen molar-refractivity contribution >= 4 is 17.6 Å². The third-order valence-corrected chi connectivity index (χ3v) is 2.87. The molecule has 0 saturated heterocycles. The summed E-state index contributed by atoms with van der Waals surface area (Å²) in [5.41, 5.74) is 0.522. The Labute approximate surface area is 112 Å². The summed E-state index contributed by atoms with van der Waals surface area (Å²) in [5, 5.41) is 19.8. The lowest BCUT2D eigenvalue weighted by molar-refractivity contribution is -0.141. The van der Waals surface area contributed by atoms with Gasteiger partial charge in [0.05, 0.1) is 17.5 Å². The number of carboxylic acids is 1. The van der Waals surface area contributed by atoms with Crippen molar-refractivity contribution in [1.82, 2.24) is 20.2 Å². The van der Waals surface area contributed by atoms with Crippen molar-refractivity contribution in [1.29, 1.82) is 0 Å². The fraction of sp³-hybridized carbons (Fsp3) is 0.273.